The summed E-state index contributed by atoms with van der Waals surface area (Å²) in [5, 5.41) is 15.4. The molecule has 112 valence electrons. The largest absolute Gasteiger partial charge is 0.374 e. The molecule has 0 radical (unpaired) electrons. The molecule has 0 fully saturated rings. The van der Waals surface area contributed by atoms with Crippen LogP contribution in [0.2, 0.25) is 5.02 Å². The van der Waals surface area contributed by atoms with Gasteiger partial charge in [-0.1, -0.05) is 23.7 Å². The van der Waals surface area contributed by atoms with Crippen LogP contribution in [0.3, 0.4) is 0 Å². The van der Waals surface area contributed by atoms with E-state index in [0.29, 0.717) is 16.3 Å². The van der Waals surface area contributed by atoms with Crippen LogP contribution in [0.4, 0.5) is 11.4 Å². The molecule has 2 aromatic carbocycles. The summed E-state index contributed by atoms with van der Waals surface area (Å²) in [4.78, 5) is 12.2. The molecule has 0 aromatic heterocycles. The van der Waals surface area contributed by atoms with Gasteiger partial charge >= 0.3 is 0 Å². The third-order valence-electron chi connectivity index (χ3n) is 3.29. The topological polar surface area (TPSA) is 64.9 Å². The van der Waals surface area contributed by atoms with Gasteiger partial charge in [-0.05, 0) is 49.7 Å². The minimum atomic E-state index is -0.442. The molecule has 5 heteroatoms. The van der Waals surface area contributed by atoms with Crippen molar-refractivity contribution in [2.24, 2.45) is 0 Å². The Morgan fingerprint density at radius 1 is 1.27 bits per heavy atom. The molecule has 2 rings (SSSR count). The normalized spacial score (nSPS) is 11.4. The van der Waals surface area contributed by atoms with E-state index in [1.54, 1.807) is 37.3 Å². The Balaban J connectivity index is 2.06. The lowest BCUT2D eigenvalue weighted by Gasteiger charge is -2.17. The van der Waals surface area contributed by atoms with E-state index in [4.69, 9.17) is 16.9 Å². The number of benzene rings is 2. The molecule has 4 nitrogen and oxygen atoms in total. The summed E-state index contributed by atoms with van der Waals surface area (Å²) in [6.45, 7) is 3.66. The van der Waals surface area contributed by atoms with Gasteiger partial charge in [-0.3, -0.25) is 4.79 Å². The Labute approximate surface area is 134 Å². The third kappa shape index (κ3) is 3.78. The molecule has 0 aliphatic rings. The SMILES string of the molecule is Cc1c(Cl)cccc1N[C@H](C)C(=O)Nc1cccc(C#N)c1. The lowest BCUT2D eigenvalue weighted by molar-refractivity contribution is -0.116. The summed E-state index contributed by atoms with van der Waals surface area (Å²) in [7, 11) is 0. The zero-order chi connectivity index (χ0) is 16.1. The van der Waals surface area contributed by atoms with Crippen molar-refractivity contribution in [3.8, 4) is 6.07 Å². The average molecular weight is 314 g/mol. The Bertz CT molecular complexity index is 737. The number of anilines is 2. The van der Waals surface area contributed by atoms with E-state index in [1.165, 1.54) is 0 Å². The van der Waals surface area contributed by atoms with Crippen LogP contribution < -0.4 is 10.6 Å². The van der Waals surface area contributed by atoms with Crippen LogP contribution in [0.25, 0.3) is 0 Å². The van der Waals surface area contributed by atoms with Gasteiger partial charge in [0, 0.05) is 16.4 Å². The molecular weight excluding hydrogens is 298 g/mol. The van der Waals surface area contributed by atoms with Gasteiger partial charge in [0.15, 0.2) is 0 Å². The van der Waals surface area contributed by atoms with Gasteiger partial charge in [-0.25, -0.2) is 0 Å². The standard InChI is InChI=1S/C17H16ClN3O/c1-11-15(18)7-4-8-16(11)20-12(2)17(22)21-14-6-3-5-13(9-14)10-19/h3-9,12,20H,1-2H3,(H,21,22)/t12-/m1/s1. The van der Waals surface area contributed by atoms with Crippen molar-refractivity contribution in [2.45, 2.75) is 19.9 Å². The molecular formula is C17H16ClN3O. The number of carbonyl (C=O) groups excluding carboxylic acids is 1. The minimum absolute atomic E-state index is 0.186. The van der Waals surface area contributed by atoms with Crippen LogP contribution in [0.1, 0.15) is 18.1 Å². The van der Waals surface area contributed by atoms with Gasteiger partial charge in [0.25, 0.3) is 0 Å². The van der Waals surface area contributed by atoms with E-state index in [2.05, 4.69) is 10.6 Å². The number of hydrogen-bond donors (Lipinski definition) is 2. The van der Waals surface area contributed by atoms with Crippen LogP contribution in [-0.4, -0.2) is 11.9 Å². The Hall–Kier alpha value is -2.51. The van der Waals surface area contributed by atoms with Crippen LogP contribution in [0, 0.1) is 18.3 Å². The van der Waals surface area contributed by atoms with Crippen LogP contribution in [0.5, 0.6) is 0 Å². The van der Waals surface area contributed by atoms with E-state index >= 15 is 0 Å². The summed E-state index contributed by atoms with van der Waals surface area (Å²) in [6.07, 6.45) is 0. The highest BCUT2D eigenvalue weighted by Crippen LogP contribution is 2.23. The zero-order valence-electron chi connectivity index (χ0n) is 12.4. The van der Waals surface area contributed by atoms with Gasteiger partial charge in [0.2, 0.25) is 5.91 Å². The molecule has 2 aromatic rings. The fraction of sp³-hybridized carbons (Fsp3) is 0.176. The van der Waals surface area contributed by atoms with Crippen molar-refractivity contribution in [3.63, 3.8) is 0 Å². The fourth-order valence-corrected chi connectivity index (χ4v) is 2.15. The van der Waals surface area contributed by atoms with Gasteiger partial charge in [0.1, 0.15) is 6.04 Å². The van der Waals surface area contributed by atoms with E-state index in [9.17, 15) is 4.79 Å². The highest BCUT2D eigenvalue weighted by atomic mass is 35.5. The van der Waals surface area contributed by atoms with Crippen molar-refractivity contribution in [3.05, 3.63) is 58.6 Å². The molecule has 2 N–H and O–H groups in total. The van der Waals surface area contributed by atoms with Crippen LogP contribution in [-0.2, 0) is 4.79 Å². The number of amides is 1. The Morgan fingerprint density at radius 2 is 2.00 bits per heavy atom. The number of nitrogens with zero attached hydrogens (tertiary/aromatic N) is 1. The second kappa shape index (κ2) is 6.97. The second-order valence-electron chi connectivity index (χ2n) is 4.96. The van der Waals surface area contributed by atoms with Crippen molar-refractivity contribution < 1.29 is 4.79 Å². The molecule has 0 heterocycles. The van der Waals surface area contributed by atoms with E-state index in [0.717, 1.165) is 11.3 Å². The molecule has 22 heavy (non-hydrogen) atoms. The lowest BCUT2D eigenvalue weighted by atomic mass is 10.1. The number of hydrogen-bond acceptors (Lipinski definition) is 3. The minimum Gasteiger partial charge on any atom is -0.374 e. The van der Waals surface area contributed by atoms with Crippen molar-refractivity contribution >= 4 is 28.9 Å². The van der Waals surface area contributed by atoms with E-state index < -0.39 is 6.04 Å². The molecule has 1 amide bonds. The maximum Gasteiger partial charge on any atom is 0.246 e. The molecule has 0 spiro atoms. The summed E-state index contributed by atoms with van der Waals surface area (Å²) in [5.74, 6) is -0.186. The Kier molecular flexibility index (Phi) is 5.03. The number of rotatable bonds is 4. The van der Waals surface area contributed by atoms with Gasteiger partial charge in [-0.15, -0.1) is 0 Å². The summed E-state index contributed by atoms with van der Waals surface area (Å²) in [6, 6.07) is 13.9. The molecule has 0 aliphatic heterocycles. The average Bonchev–Trinajstić information content (AvgIpc) is 2.52. The molecule has 0 saturated carbocycles. The number of nitriles is 1. The predicted octanol–water partition coefficient (Wildman–Crippen LogP) is 3.96. The van der Waals surface area contributed by atoms with E-state index in [-0.39, 0.29) is 5.91 Å². The highest BCUT2D eigenvalue weighted by Gasteiger charge is 2.14. The molecule has 0 aliphatic carbocycles. The highest BCUT2D eigenvalue weighted by molar-refractivity contribution is 6.31. The van der Waals surface area contributed by atoms with Crippen LogP contribution >= 0.6 is 11.6 Å². The first-order valence-electron chi connectivity index (χ1n) is 6.84. The number of carbonyl (C=O) groups is 1. The maximum absolute atomic E-state index is 12.2. The molecule has 0 saturated heterocycles. The zero-order valence-corrected chi connectivity index (χ0v) is 13.1. The molecule has 0 unspecified atom stereocenters. The first kappa shape index (κ1) is 15.9. The summed E-state index contributed by atoms with van der Waals surface area (Å²) in [5.41, 5.74) is 2.82. The predicted molar refractivity (Wildman–Crippen MR) is 89.1 cm³/mol. The van der Waals surface area contributed by atoms with Gasteiger partial charge in [0.05, 0.1) is 11.6 Å². The summed E-state index contributed by atoms with van der Waals surface area (Å²) < 4.78 is 0. The number of nitrogens with one attached hydrogen (secondary N) is 2. The van der Waals surface area contributed by atoms with Crippen molar-refractivity contribution in [1.82, 2.24) is 0 Å². The Morgan fingerprint density at radius 3 is 2.73 bits per heavy atom. The molecule has 0 bridgehead atoms. The van der Waals surface area contributed by atoms with E-state index in [1.807, 2.05) is 25.1 Å². The first-order valence-corrected chi connectivity index (χ1v) is 7.21. The van der Waals surface area contributed by atoms with Crippen molar-refractivity contribution in [1.29, 1.82) is 5.26 Å². The third-order valence-corrected chi connectivity index (χ3v) is 3.70. The monoisotopic (exact) mass is 313 g/mol. The number of halogens is 1. The van der Waals surface area contributed by atoms with Gasteiger partial charge in [-0.2, -0.15) is 5.26 Å². The van der Waals surface area contributed by atoms with Crippen molar-refractivity contribution in [2.75, 3.05) is 10.6 Å². The summed E-state index contributed by atoms with van der Waals surface area (Å²) >= 11 is 6.07. The van der Waals surface area contributed by atoms with Gasteiger partial charge < -0.3 is 10.6 Å². The second-order valence-corrected chi connectivity index (χ2v) is 5.37. The lowest BCUT2D eigenvalue weighted by Crippen LogP contribution is -2.32. The fourth-order valence-electron chi connectivity index (χ4n) is 1.98. The molecule has 1 atom stereocenters. The van der Waals surface area contributed by atoms with Crippen LogP contribution in [0.15, 0.2) is 42.5 Å². The quantitative estimate of drug-likeness (QED) is 0.898. The first-order chi connectivity index (χ1) is 10.5. The maximum atomic E-state index is 12.2. The smallest absolute Gasteiger partial charge is 0.246 e.